The van der Waals surface area contributed by atoms with Crippen molar-refractivity contribution in [3.8, 4) is 11.1 Å². The summed E-state index contributed by atoms with van der Waals surface area (Å²) in [5.41, 5.74) is 0.740. The third kappa shape index (κ3) is 4.93. The molecular formula is C22H24FN5O4. The summed E-state index contributed by atoms with van der Waals surface area (Å²) in [7, 11) is 3.46. The van der Waals surface area contributed by atoms with Crippen molar-refractivity contribution >= 4 is 23.1 Å². The smallest absolute Gasteiger partial charge is 0.257 e. The van der Waals surface area contributed by atoms with E-state index in [2.05, 4.69) is 20.6 Å². The molecule has 3 aromatic rings. The number of aliphatic hydroxyl groups excluding tert-OH is 2. The normalized spacial score (nSPS) is 10.8. The van der Waals surface area contributed by atoms with Crippen molar-refractivity contribution in [3.05, 3.63) is 70.5 Å². The van der Waals surface area contributed by atoms with Crippen molar-refractivity contribution in [1.82, 2.24) is 15.3 Å². The molecule has 0 bridgehead atoms. The van der Waals surface area contributed by atoms with Gasteiger partial charge in [-0.2, -0.15) is 0 Å². The minimum atomic E-state index is -0.825. The van der Waals surface area contributed by atoms with E-state index in [1.165, 1.54) is 36.7 Å². The highest BCUT2D eigenvalue weighted by atomic mass is 19.1. The molecule has 0 aliphatic heterocycles. The molecular weight excluding hydrogens is 417 g/mol. The Labute approximate surface area is 183 Å². The van der Waals surface area contributed by atoms with Gasteiger partial charge in [0, 0.05) is 32.1 Å². The van der Waals surface area contributed by atoms with Gasteiger partial charge in [0.1, 0.15) is 11.6 Å². The van der Waals surface area contributed by atoms with E-state index in [0.29, 0.717) is 17.2 Å². The monoisotopic (exact) mass is 441 g/mol. The van der Waals surface area contributed by atoms with E-state index in [4.69, 9.17) is 0 Å². The highest BCUT2D eigenvalue weighted by Gasteiger charge is 2.19. The molecule has 0 unspecified atom stereocenters. The lowest BCUT2D eigenvalue weighted by Gasteiger charge is -2.21. The minimum Gasteiger partial charge on any atom is -0.394 e. The van der Waals surface area contributed by atoms with Crippen LogP contribution in [0.25, 0.3) is 11.1 Å². The first kappa shape index (κ1) is 22.9. The van der Waals surface area contributed by atoms with Gasteiger partial charge >= 0.3 is 0 Å². The zero-order valence-electron chi connectivity index (χ0n) is 17.6. The minimum absolute atomic E-state index is 0.122. The van der Waals surface area contributed by atoms with Crippen LogP contribution < -0.4 is 21.1 Å². The molecule has 2 heterocycles. The molecule has 168 valence electrons. The Morgan fingerprint density at radius 2 is 1.88 bits per heavy atom. The number of hydrogen-bond acceptors (Lipinski definition) is 7. The number of amides is 1. The second-order valence-electron chi connectivity index (χ2n) is 7.23. The Morgan fingerprint density at radius 3 is 2.53 bits per heavy atom. The average molecular weight is 441 g/mol. The number of H-pyrrole nitrogens is 1. The van der Waals surface area contributed by atoms with Gasteiger partial charge < -0.3 is 30.7 Å². The number of nitrogens with one attached hydrogen (secondary N) is 3. The molecule has 0 atom stereocenters. The number of pyridine rings is 2. The van der Waals surface area contributed by atoms with Crippen LogP contribution in [-0.2, 0) is 0 Å². The first-order valence-corrected chi connectivity index (χ1v) is 9.78. The van der Waals surface area contributed by atoms with Crippen molar-refractivity contribution < 1.29 is 19.4 Å². The maximum Gasteiger partial charge on any atom is 0.257 e. The van der Waals surface area contributed by atoms with E-state index < -0.39 is 36.5 Å². The van der Waals surface area contributed by atoms with Crippen molar-refractivity contribution in [2.45, 2.75) is 6.04 Å². The highest BCUT2D eigenvalue weighted by molar-refractivity contribution is 6.00. The van der Waals surface area contributed by atoms with Gasteiger partial charge in [-0.05, 0) is 18.2 Å². The summed E-state index contributed by atoms with van der Waals surface area (Å²) in [6.07, 6.45) is 2.82. The quantitative estimate of drug-likeness (QED) is 0.358. The summed E-state index contributed by atoms with van der Waals surface area (Å²) >= 11 is 0. The number of benzene rings is 1. The van der Waals surface area contributed by atoms with Crippen LogP contribution >= 0.6 is 0 Å². The number of hydrogen-bond donors (Lipinski definition) is 5. The van der Waals surface area contributed by atoms with Crippen LogP contribution in [0.2, 0.25) is 0 Å². The molecule has 0 fully saturated rings. The van der Waals surface area contributed by atoms with E-state index in [-0.39, 0.29) is 16.7 Å². The average Bonchev–Trinajstić information content (AvgIpc) is 2.79. The van der Waals surface area contributed by atoms with Crippen molar-refractivity contribution in [3.63, 3.8) is 0 Å². The number of rotatable bonds is 8. The van der Waals surface area contributed by atoms with Crippen molar-refractivity contribution in [2.75, 3.05) is 37.5 Å². The van der Waals surface area contributed by atoms with Gasteiger partial charge in [0.25, 0.3) is 11.5 Å². The largest absolute Gasteiger partial charge is 0.394 e. The molecule has 5 N–H and O–H groups in total. The van der Waals surface area contributed by atoms with Crippen molar-refractivity contribution in [1.29, 1.82) is 0 Å². The molecule has 0 saturated carbocycles. The van der Waals surface area contributed by atoms with Gasteiger partial charge in [-0.15, -0.1) is 0 Å². The summed E-state index contributed by atoms with van der Waals surface area (Å²) in [4.78, 5) is 33.7. The summed E-state index contributed by atoms with van der Waals surface area (Å²) in [6, 6.07) is 8.20. The Balaban J connectivity index is 2.06. The molecule has 0 radical (unpaired) electrons. The van der Waals surface area contributed by atoms with Crippen LogP contribution in [0.3, 0.4) is 0 Å². The Hall–Kier alpha value is -3.76. The fourth-order valence-corrected chi connectivity index (χ4v) is 3.09. The number of aromatic amines is 1. The molecule has 10 heteroatoms. The zero-order chi connectivity index (χ0) is 23.3. The second kappa shape index (κ2) is 10.0. The summed E-state index contributed by atoms with van der Waals surface area (Å²) in [5, 5.41) is 24.1. The Bertz CT molecular complexity index is 1160. The lowest BCUT2D eigenvalue weighted by Crippen LogP contribution is -2.40. The molecule has 0 saturated heterocycles. The maximum atomic E-state index is 14.3. The first-order chi connectivity index (χ1) is 15.3. The SMILES string of the molecule is CN(C)c1[nH]c(=O)c(-c2ccccc2F)cc1Nc1ccncc1C(=O)NC(CO)CO. The lowest BCUT2D eigenvalue weighted by molar-refractivity contribution is 0.0880. The van der Waals surface area contributed by atoms with Crippen LogP contribution in [0.1, 0.15) is 10.4 Å². The predicted octanol–water partition coefficient (Wildman–Crippen LogP) is 1.47. The zero-order valence-corrected chi connectivity index (χ0v) is 17.6. The number of aliphatic hydroxyl groups is 2. The third-order valence-electron chi connectivity index (χ3n) is 4.74. The number of aromatic nitrogens is 2. The standard InChI is InChI=1S/C22H24FN5O4/c1-28(2)20-19(9-15(21(31)27-20)14-5-3-4-6-17(14)23)26-18-7-8-24-10-16(18)22(32)25-13(11-29)12-30/h3-10,13,29-30H,11-12H2,1-2H3,(H,24,26)(H,25,32)(H,27,31). The van der Waals surface area contributed by atoms with Crippen LogP contribution in [-0.4, -0.2) is 59.4 Å². The summed E-state index contributed by atoms with van der Waals surface area (Å²) < 4.78 is 14.3. The number of carbonyl (C=O) groups excluding carboxylic acids is 1. The van der Waals surface area contributed by atoms with Gasteiger partial charge in [0.05, 0.1) is 41.8 Å². The topological polar surface area (TPSA) is 131 Å². The number of carbonyl (C=O) groups is 1. The summed E-state index contributed by atoms with van der Waals surface area (Å²) in [5.74, 6) is -0.676. The van der Waals surface area contributed by atoms with Gasteiger partial charge in [-0.1, -0.05) is 18.2 Å². The Kier molecular flexibility index (Phi) is 7.18. The van der Waals surface area contributed by atoms with E-state index >= 15 is 0 Å². The molecule has 1 aromatic carbocycles. The second-order valence-corrected chi connectivity index (χ2v) is 7.23. The third-order valence-corrected chi connectivity index (χ3v) is 4.74. The fraction of sp³-hybridized carbons (Fsp3) is 0.227. The first-order valence-electron chi connectivity index (χ1n) is 9.78. The molecule has 32 heavy (non-hydrogen) atoms. The molecule has 0 aliphatic carbocycles. The predicted molar refractivity (Wildman–Crippen MR) is 120 cm³/mol. The Morgan fingerprint density at radius 1 is 1.16 bits per heavy atom. The molecule has 0 aliphatic rings. The lowest BCUT2D eigenvalue weighted by atomic mass is 10.1. The van der Waals surface area contributed by atoms with Gasteiger partial charge in [-0.3, -0.25) is 14.6 Å². The summed E-state index contributed by atoms with van der Waals surface area (Å²) in [6.45, 7) is -0.857. The van der Waals surface area contributed by atoms with Gasteiger partial charge in [0.2, 0.25) is 0 Å². The van der Waals surface area contributed by atoms with E-state index in [0.717, 1.165) is 0 Å². The molecule has 1 amide bonds. The van der Waals surface area contributed by atoms with Crippen LogP contribution in [0.4, 0.5) is 21.6 Å². The van der Waals surface area contributed by atoms with Crippen LogP contribution in [0.5, 0.6) is 0 Å². The van der Waals surface area contributed by atoms with Crippen molar-refractivity contribution in [2.24, 2.45) is 0 Å². The van der Waals surface area contributed by atoms with Gasteiger partial charge in [-0.25, -0.2) is 4.39 Å². The number of anilines is 3. The van der Waals surface area contributed by atoms with Crippen LogP contribution in [0.15, 0.2) is 53.6 Å². The van der Waals surface area contributed by atoms with E-state index in [1.807, 2.05) is 0 Å². The van der Waals surface area contributed by atoms with E-state index in [9.17, 15) is 24.2 Å². The molecule has 0 spiro atoms. The maximum absolute atomic E-state index is 14.3. The molecule has 9 nitrogen and oxygen atoms in total. The van der Waals surface area contributed by atoms with Crippen LogP contribution in [0, 0.1) is 5.82 Å². The van der Waals surface area contributed by atoms with Gasteiger partial charge in [0.15, 0.2) is 0 Å². The highest BCUT2D eigenvalue weighted by Crippen LogP contribution is 2.30. The fourth-order valence-electron chi connectivity index (χ4n) is 3.09. The molecule has 3 rings (SSSR count). The van der Waals surface area contributed by atoms with E-state index in [1.54, 1.807) is 31.1 Å². The molecule has 2 aromatic heterocycles. The number of halogens is 1. The number of nitrogens with zero attached hydrogens (tertiary/aromatic N) is 2.